The summed E-state index contributed by atoms with van der Waals surface area (Å²) in [5.74, 6) is -0.965. The normalized spacial score (nSPS) is 12.7. The molecule has 0 fully saturated rings. The third-order valence-corrected chi connectivity index (χ3v) is 3.15. The van der Waals surface area contributed by atoms with Gasteiger partial charge in [0.25, 0.3) is 0 Å². The second kappa shape index (κ2) is 4.18. The van der Waals surface area contributed by atoms with Crippen molar-refractivity contribution in [2.45, 2.75) is 11.9 Å². The molecule has 0 aliphatic carbocycles. The molecule has 1 aromatic rings. The van der Waals surface area contributed by atoms with E-state index in [1.165, 1.54) is 12.3 Å². The summed E-state index contributed by atoms with van der Waals surface area (Å²) in [7, 11) is -5.04. The molecule has 7 heteroatoms. The molecule has 0 unspecified atom stereocenters. The van der Waals surface area contributed by atoms with Crippen LogP contribution in [-0.2, 0) is 16.3 Å². The lowest BCUT2D eigenvalue weighted by atomic mass is 10.3. The molecule has 0 atom stereocenters. The van der Waals surface area contributed by atoms with Gasteiger partial charge in [-0.05, 0) is 12.1 Å². The van der Waals surface area contributed by atoms with E-state index in [1.54, 1.807) is 12.1 Å². The van der Waals surface area contributed by atoms with Crippen LogP contribution in [0.3, 0.4) is 0 Å². The summed E-state index contributed by atoms with van der Waals surface area (Å²) in [5, 5.41) is 0. The maximum absolute atomic E-state index is 11.9. The summed E-state index contributed by atoms with van der Waals surface area (Å²) in [6.45, 7) is 0. The van der Waals surface area contributed by atoms with Gasteiger partial charge in [-0.1, -0.05) is 6.07 Å². The summed E-state index contributed by atoms with van der Waals surface area (Å²) in [6.07, 6.45) is 1.16. The predicted octanol–water partition coefficient (Wildman–Crippen LogP) is 1.56. The number of aromatic nitrogens is 1. The Morgan fingerprint density at radius 1 is 1.27 bits per heavy atom. The number of aryl methyl sites for hydroxylation is 1. The minimum atomic E-state index is -5.18. The van der Waals surface area contributed by atoms with Crippen molar-refractivity contribution in [3.63, 3.8) is 0 Å². The van der Waals surface area contributed by atoms with E-state index >= 15 is 0 Å². The molecule has 0 N–H and O–H groups in total. The van der Waals surface area contributed by atoms with E-state index in [1.807, 2.05) is 0 Å². The van der Waals surface area contributed by atoms with Crippen LogP contribution in [0.2, 0.25) is 0 Å². The van der Waals surface area contributed by atoms with Crippen LogP contribution in [0.15, 0.2) is 24.4 Å². The number of halogens is 3. The van der Waals surface area contributed by atoms with Crippen molar-refractivity contribution in [1.82, 2.24) is 4.98 Å². The van der Waals surface area contributed by atoms with Gasteiger partial charge < -0.3 is 0 Å². The van der Waals surface area contributed by atoms with Crippen LogP contribution in [0.25, 0.3) is 0 Å². The molecule has 0 bridgehead atoms. The Morgan fingerprint density at radius 3 is 2.40 bits per heavy atom. The van der Waals surface area contributed by atoms with Gasteiger partial charge in [-0.3, -0.25) is 4.98 Å². The second-order valence-electron chi connectivity index (χ2n) is 2.84. The Bertz CT molecular complexity index is 413. The van der Waals surface area contributed by atoms with Gasteiger partial charge in [0, 0.05) is 18.3 Å². The summed E-state index contributed by atoms with van der Waals surface area (Å²) >= 11 is 0. The van der Waals surface area contributed by atoms with Crippen LogP contribution in [0.5, 0.6) is 0 Å². The van der Waals surface area contributed by atoms with Gasteiger partial charge in [0.05, 0.1) is 5.75 Å². The summed E-state index contributed by atoms with van der Waals surface area (Å²) in [5.41, 5.74) is -4.85. The molecule has 0 aromatic carbocycles. The van der Waals surface area contributed by atoms with E-state index in [2.05, 4.69) is 4.98 Å². The average molecular weight is 239 g/mol. The molecule has 0 amide bonds. The first-order valence-electron chi connectivity index (χ1n) is 4.02. The molecule has 1 aromatic heterocycles. The van der Waals surface area contributed by atoms with Gasteiger partial charge in [0.15, 0.2) is 0 Å². The second-order valence-corrected chi connectivity index (χ2v) is 4.94. The van der Waals surface area contributed by atoms with Gasteiger partial charge in [0.1, 0.15) is 0 Å². The molecule has 0 saturated carbocycles. The minimum Gasteiger partial charge on any atom is -0.261 e. The lowest BCUT2D eigenvalue weighted by Gasteiger charge is -2.06. The van der Waals surface area contributed by atoms with E-state index in [0.29, 0.717) is 5.69 Å². The Hall–Kier alpha value is -1.11. The summed E-state index contributed by atoms with van der Waals surface area (Å²) in [6, 6.07) is 4.66. The standard InChI is InChI=1S/C8H8F3NO2S/c9-8(10,11)15(13,14)6-4-7-3-1-2-5-12-7/h1-3,5H,4,6H2. The van der Waals surface area contributed by atoms with Crippen molar-refractivity contribution in [2.24, 2.45) is 0 Å². The molecule has 0 saturated heterocycles. The van der Waals surface area contributed by atoms with Gasteiger partial charge in [-0.15, -0.1) is 0 Å². The maximum Gasteiger partial charge on any atom is 0.497 e. The van der Waals surface area contributed by atoms with Crippen LogP contribution in [0.4, 0.5) is 13.2 Å². The third kappa shape index (κ3) is 3.19. The fraction of sp³-hybridized carbons (Fsp3) is 0.375. The van der Waals surface area contributed by atoms with Crippen LogP contribution in [-0.4, -0.2) is 24.7 Å². The van der Waals surface area contributed by atoms with Crippen LogP contribution < -0.4 is 0 Å². The number of sulfone groups is 1. The molecule has 84 valence electrons. The van der Waals surface area contributed by atoms with Crippen molar-refractivity contribution >= 4 is 9.84 Å². The van der Waals surface area contributed by atoms with E-state index in [-0.39, 0.29) is 6.42 Å². The Kier molecular flexibility index (Phi) is 3.33. The number of rotatable bonds is 3. The fourth-order valence-electron chi connectivity index (χ4n) is 0.901. The molecule has 0 spiro atoms. The molecular weight excluding hydrogens is 231 g/mol. The van der Waals surface area contributed by atoms with Crippen LogP contribution >= 0.6 is 0 Å². The molecule has 1 heterocycles. The molecule has 0 aliphatic heterocycles. The zero-order valence-corrected chi connectivity index (χ0v) is 8.35. The predicted molar refractivity (Wildman–Crippen MR) is 47.8 cm³/mol. The van der Waals surface area contributed by atoms with Gasteiger partial charge >= 0.3 is 5.51 Å². The van der Waals surface area contributed by atoms with Gasteiger partial charge in [-0.25, -0.2) is 8.42 Å². The van der Waals surface area contributed by atoms with Crippen molar-refractivity contribution in [1.29, 1.82) is 0 Å². The number of hydrogen-bond donors (Lipinski definition) is 0. The van der Waals surface area contributed by atoms with Crippen molar-refractivity contribution < 1.29 is 21.6 Å². The van der Waals surface area contributed by atoms with E-state index < -0.39 is 21.1 Å². The zero-order chi connectivity index (χ0) is 11.5. The van der Waals surface area contributed by atoms with Gasteiger partial charge in [-0.2, -0.15) is 13.2 Å². The number of alkyl halides is 3. The summed E-state index contributed by atoms with van der Waals surface area (Å²) < 4.78 is 57.1. The number of nitrogens with zero attached hydrogens (tertiary/aromatic N) is 1. The van der Waals surface area contributed by atoms with Crippen molar-refractivity contribution in [3.05, 3.63) is 30.1 Å². The summed E-state index contributed by atoms with van der Waals surface area (Å²) in [4.78, 5) is 3.73. The molecule has 0 aliphatic rings. The topological polar surface area (TPSA) is 47.0 Å². The van der Waals surface area contributed by atoms with E-state index in [4.69, 9.17) is 0 Å². The highest BCUT2D eigenvalue weighted by Gasteiger charge is 2.44. The highest BCUT2D eigenvalue weighted by molar-refractivity contribution is 7.92. The first-order chi connectivity index (χ1) is 6.83. The van der Waals surface area contributed by atoms with Crippen LogP contribution in [0.1, 0.15) is 5.69 Å². The van der Waals surface area contributed by atoms with Crippen LogP contribution in [0, 0.1) is 0 Å². The number of pyridine rings is 1. The molecule has 1 rings (SSSR count). The average Bonchev–Trinajstić information content (AvgIpc) is 2.15. The zero-order valence-electron chi connectivity index (χ0n) is 7.53. The minimum absolute atomic E-state index is 0.233. The van der Waals surface area contributed by atoms with Crippen molar-refractivity contribution in [3.8, 4) is 0 Å². The molecule has 3 nitrogen and oxygen atoms in total. The van der Waals surface area contributed by atoms with Crippen molar-refractivity contribution in [2.75, 3.05) is 5.75 Å². The Labute approximate surface area is 84.9 Å². The first kappa shape index (κ1) is 12.0. The van der Waals surface area contributed by atoms with E-state index in [0.717, 1.165) is 0 Å². The largest absolute Gasteiger partial charge is 0.497 e. The monoisotopic (exact) mass is 239 g/mol. The van der Waals surface area contributed by atoms with Gasteiger partial charge in [0.2, 0.25) is 9.84 Å². The molecule has 15 heavy (non-hydrogen) atoms. The third-order valence-electron chi connectivity index (χ3n) is 1.71. The SMILES string of the molecule is O=S(=O)(CCc1ccccn1)C(F)(F)F. The molecular formula is C8H8F3NO2S. The smallest absolute Gasteiger partial charge is 0.261 e. The Balaban J connectivity index is 2.67. The van der Waals surface area contributed by atoms with E-state index in [9.17, 15) is 21.6 Å². The molecule has 0 radical (unpaired) electrons. The first-order valence-corrected chi connectivity index (χ1v) is 5.67. The Morgan fingerprint density at radius 2 is 1.93 bits per heavy atom. The highest BCUT2D eigenvalue weighted by atomic mass is 32.2. The maximum atomic E-state index is 11.9. The number of hydrogen-bond acceptors (Lipinski definition) is 3. The lowest BCUT2D eigenvalue weighted by Crippen LogP contribution is -2.27. The fourth-order valence-corrected chi connectivity index (χ4v) is 1.61. The highest BCUT2D eigenvalue weighted by Crippen LogP contribution is 2.24. The lowest BCUT2D eigenvalue weighted by molar-refractivity contribution is -0.0435. The quantitative estimate of drug-likeness (QED) is 0.804.